The number of amidine groups is 1. The van der Waals surface area contributed by atoms with Gasteiger partial charge in [0.25, 0.3) is 0 Å². The number of rotatable bonds is 5. The van der Waals surface area contributed by atoms with E-state index in [1.807, 2.05) is 133 Å². The molecule has 0 aliphatic rings. The summed E-state index contributed by atoms with van der Waals surface area (Å²) in [7, 11) is 0. The summed E-state index contributed by atoms with van der Waals surface area (Å²) < 4.78 is 6.02. The highest BCUT2D eigenvalue weighted by molar-refractivity contribution is 6.18. The zero-order chi connectivity index (χ0) is 25.0. The number of oxazole rings is 1. The van der Waals surface area contributed by atoms with Crippen molar-refractivity contribution in [2.75, 3.05) is 0 Å². The molecular weight excluding hydrogens is 454 g/mol. The number of aromatic nitrogens is 1. The number of nitrogens with one attached hydrogen (secondary N) is 1. The molecule has 0 bridgehead atoms. The number of hydrogen-bond donors (Lipinski definition) is 1. The predicted molar refractivity (Wildman–Crippen MR) is 152 cm³/mol. The number of aliphatic imine (C=N–C) groups is 1. The third kappa shape index (κ3) is 4.73. The Kier molecular flexibility index (Phi) is 5.97. The van der Waals surface area contributed by atoms with Gasteiger partial charge in [0.05, 0.1) is 5.71 Å². The van der Waals surface area contributed by atoms with Gasteiger partial charge in [-0.2, -0.15) is 0 Å². The minimum absolute atomic E-state index is 0.198. The fraction of sp³-hybridized carbons (Fsp3) is 0. The Morgan fingerprint density at radius 2 is 1.43 bits per heavy atom. The molecule has 0 unspecified atom stereocenters. The van der Waals surface area contributed by atoms with Crippen molar-refractivity contribution in [1.29, 1.82) is 5.41 Å². The Balaban J connectivity index is 1.37. The van der Waals surface area contributed by atoms with Gasteiger partial charge < -0.3 is 4.42 Å². The van der Waals surface area contributed by atoms with Crippen molar-refractivity contribution in [2.24, 2.45) is 4.99 Å². The molecule has 0 spiro atoms. The van der Waals surface area contributed by atoms with Crippen molar-refractivity contribution in [3.05, 3.63) is 144 Å². The second-order valence-electron chi connectivity index (χ2n) is 8.69. The normalized spacial score (nSPS) is 11.9. The van der Waals surface area contributed by atoms with E-state index in [1.54, 1.807) is 0 Å². The van der Waals surface area contributed by atoms with E-state index < -0.39 is 0 Å². The molecule has 6 aromatic rings. The van der Waals surface area contributed by atoms with Gasteiger partial charge in [0.1, 0.15) is 5.52 Å². The summed E-state index contributed by atoms with van der Waals surface area (Å²) in [6, 6.07) is 39.8. The van der Waals surface area contributed by atoms with E-state index in [0.29, 0.717) is 5.89 Å². The molecule has 4 heteroatoms. The Bertz CT molecular complexity index is 1770. The average Bonchev–Trinajstić information content (AvgIpc) is 3.41. The zero-order valence-corrected chi connectivity index (χ0v) is 20.0. The lowest BCUT2D eigenvalue weighted by molar-refractivity contribution is 0.620. The van der Waals surface area contributed by atoms with Crippen molar-refractivity contribution in [3.8, 4) is 11.5 Å². The minimum Gasteiger partial charge on any atom is -0.436 e. The third-order valence-corrected chi connectivity index (χ3v) is 6.20. The number of fused-ring (bicyclic) bond motifs is 3. The Morgan fingerprint density at radius 1 is 0.730 bits per heavy atom. The molecule has 0 atom stereocenters. The van der Waals surface area contributed by atoms with E-state index in [0.717, 1.165) is 49.8 Å². The van der Waals surface area contributed by atoms with Crippen molar-refractivity contribution in [3.63, 3.8) is 0 Å². The average molecular weight is 478 g/mol. The fourth-order valence-electron chi connectivity index (χ4n) is 4.30. The van der Waals surface area contributed by atoms with Crippen LogP contribution in [0, 0.1) is 5.41 Å². The van der Waals surface area contributed by atoms with Crippen LogP contribution in [0.15, 0.2) is 137 Å². The van der Waals surface area contributed by atoms with Crippen LogP contribution in [0.4, 0.5) is 0 Å². The molecule has 4 nitrogen and oxygen atoms in total. The molecule has 1 N–H and O–H groups in total. The minimum atomic E-state index is 0.198. The maximum absolute atomic E-state index is 8.79. The van der Waals surface area contributed by atoms with Crippen molar-refractivity contribution < 1.29 is 4.42 Å². The van der Waals surface area contributed by atoms with E-state index in [-0.39, 0.29) is 5.84 Å². The maximum atomic E-state index is 8.79. The number of hydrogen-bond acceptors (Lipinski definition) is 3. The number of allylic oxidation sites excluding steroid dienone is 1. The van der Waals surface area contributed by atoms with Gasteiger partial charge in [-0.1, -0.05) is 103 Å². The van der Waals surface area contributed by atoms with Gasteiger partial charge in [0.15, 0.2) is 11.4 Å². The summed E-state index contributed by atoms with van der Waals surface area (Å²) in [5, 5.41) is 10.8. The van der Waals surface area contributed by atoms with Gasteiger partial charge in [-0.15, -0.1) is 0 Å². The van der Waals surface area contributed by atoms with Crippen molar-refractivity contribution in [2.45, 2.75) is 0 Å². The molecule has 0 saturated carbocycles. The molecule has 0 aliphatic heterocycles. The van der Waals surface area contributed by atoms with Crippen LogP contribution in [0.1, 0.15) is 16.7 Å². The van der Waals surface area contributed by atoms with Crippen LogP contribution in [0.2, 0.25) is 0 Å². The first-order valence-corrected chi connectivity index (χ1v) is 12.1. The van der Waals surface area contributed by atoms with E-state index in [4.69, 9.17) is 19.8 Å². The highest BCUT2D eigenvalue weighted by Gasteiger charge is 2.12. The largest absolute Gasteiger partial charge is 0.436 e. The molecule has 5 aromatic carbocycles. The summed E-state index contributed by atoms with van der Waals surface area (Å²) in [5.41, 5.74) is 6.00. The van der Waals surface area contributed by atoms with E-state index in [1.165, 1.54) is 0 Å². The molecule has 6 rings (SSSR count). The first kappa shape index (κ1) is 22.4. The summed E-state index contributed by atoms with van der Waals surface area (Å²) >= 11 is 0. The van der Waals surface area contributed by atoms with Crippen LogP contribution >= 0.6 is 0 Å². The fourth-order valence-corrected chi connectivity index (χ4v) is 4.30. The second-order valence-corrected chi connectivity index (χ2v) is 8.69. The van der Waals surface area contributed by atoms with Crippen LogP contribution in [0.3, 0.4) is 0 Å². The van der Waals surface area contributed by atoms with Crippen LogP contribution in [-0.2, 0) is 0 Å². The molecule has 37 heavy (non-hydrogen) atoms. The summed E-state index contributed by atoms with van der Waals surface area (Å²) in [6.45, 7) is 0. The standard InChI is InChI=1S/C33H23N3O/c34-32(35-29(24-12-6-2-7-13-24)20-16-23-10-4-1-5-11-23)27-17-19-28-26(22-27)18-21-30-31(28)36-33(37-30)25-14-8-3-9-15-25/h1-22,34H/b20-16+,34-32?,35-29?. The van der Waals surface area contributed by atoms with Crippen LogP contribution in [-0.4, -0.2) is 16.5 Å². The van der Waals surface area contributed by atoms with Gasteiger partial charge in [0, 0.05) is 22.1 Å². The molecule has 1 aromatic heterocycles. The third-order valence-electron chi connectivity index (χ3n) is 6.20. The summed E-state index contributed by atoms with van der Waals surface area (Å²) in [6.07, 6.45) is 3.98. The van der Waals surface area contributed by atoms with E-state index in [2.05, 4.69) is 0 Å². The first-order chi connectivity index (χ1) is 18.2. The molecule has 176 valence electrons. The van der Waals surface area contributed by atoms with Crippen molar-refractivity contribution in [1.82, 2.24) is 4.98 Å². The lowest BCUT2D eigenvalue weighted by atomic mass is 10.0. The highest BCUT2D eigenvalue weighted by atomic mass is 16.3. The van der Waals surface area contributed by atoms with E-state index in [9.17, 15) is 0 Å². The maximum Gasteiger partial charge on any atom is 0.227 e. The molecule has 0 radical (unpaired) electrons. The molecule has 1 heterocycles. The molecule has 0 amide bonds. The summed E-state index contributed by atoms with van der Waals surface area (Å²) in [5.74, 6) is 0.797. The topological polar surface area (TPSA) is 62.2 Å². The van der Waals surface area contributed by atoms with Gasteiger partial charge in [-0.25, -0.2) is 9.98 Å². The lowest BCUT2D eigenvalue weighted by Gasteiger charge is -2.06. The van der Waals surface area contributed by atoms with Crippen LogP contribution < -0.4 is 0 Å². The predicted octanol–water partition coefficient (Wildman–Crippen LogP) is 8.18. The van der Waals surface area contributed by atoms with Crippen LogP contribution in [0.5, 0.6) is 0 Å². The Labute approximate surface area is 214 Å². The molecule has 0 saturated heterocycles. The monoisotopic (exact) mass is 477 g/mol. The van der Waals surface area contributed by atoms with Gasteiger partial charge in [-0.05, 0) is 41.3 Å². The quantitative estimate of drug-likeness (QED) is 0.201. The molecule has 0 fully saturated rings. The highest BCUT2D eigenvalue weighted by Crippen LogP contribution is 2.30. The van der Waals surface area contributed by atoms with Gasteiger partial charge >= 0.3 is 0 Å². The number of nitrogens with zero attached hydrogens (tertiary/aromatic N) is 2. The lowest BCUT2D eigenvalue weighted by Crippen LogP contribution is -2.03. The smallest absolute Gasteiger partial charge is 0.227 e. The van der Waals surface area contributed by atoms with E-state index >= 15 is 0 Å². The van der Waals surface area contributed by atoms with Gasteiger partial charge in [0.2, 0.25) is 5.89 Å². The SMILES string of the molecule is N=C(N=C(/C=C/c1ccccc1)c1ccccc1)c1ccc2c(ccc3oc(-c4ccccc4)nc32)c1. The zero-order valence-electron chi connectivity index (χ0n) is 20.0. The molecular formula is C33H23N3O. The molecule has 0 aliphatic carbocycles. The number of benzene rings is 5. The van der Waals surface area contributed by atoms with Crippen molar-refractivity contribution >= 4 is 39.5 Å². The Morgan fingerprint density at radius 3 is 2.19 bits per heavy atom. The Hall–Kier alpha value is -5.09. The van der Waals surface area contributed by atoms with Crippen LogP contribution in [0.25, 0.3) is 39.4 Å². The van der Waals surface area contributed by atoms with Gasteiger partial charge in [-0.3, -0.25) is 5.41 Å². The second kappa shape index (κ2) is 9.88. The summed E-state index contributed by atoms with van der Waals surface area (Å²) in [4.78, 5) is 9.49. The first-order valence-electron chi connectivity index (χ1n) is 12.1.